The van der Waals surface area contributed by atoms with Gasteiger partial charge >= 0.3 is 0 Å². The van der Waals surface area contributed by atoms with Gasteiger partial charge < -0.3 is 19.2 Å². The van der Waals surface area contributed by atoms with Crippen LogP contribution >= 0.6 is 11.8 Å². The second-order valence-electron chi connectivity index (χ2n) is 6.35. The van der Waals surface area contributed by atoms with Crippen molar-refractivity contribution in [2.24, 2.45) is 13.0 Å². The molecule has 134 valence electrons. The number of hydrogen-bond donors (Lipinski definition) is 1. The second kappa shape index (κ2) is 7.35. The van der Waals surface area contributed by atoms with Crippen LogP contribution in [0, 0.1) is 5.92 Å². The number of piperazine rings is 1. The Labute approximate surface area is 150 Å². The largest absolute Gasteiger partial charge is 0.455 e. The molecular weight excluding hydrogens is 340 g/mol. The van der Waals surface area contributed by atoms with Gasteiger partial charge in [-0.2, -0.15) is 0 Å². The van der Waals surface area contributed by atoms with Crippen LogP contribution in [-0.4, -0.2) is 45.4 Å². The summed E-state index contributed by atoms with van der Waals surface area (Å²) in [6.45, 7) is 4.83. The Morgan fingerprint density at radius 2 is 2.28 bits per heavy atom. The van der Waals surface area contributed by atoms with E-state index in [-0.39, 0.29) is 23.5 Å². The molecule has 2 aromatic rings. The lowest BCUT2D eigenvalue weighted by molar-refractivity contribution is -0.129. The summed E-state index contributed by atoms with van der Waals surface area (Å²) < 4.78 is 7.65. The number of nitrogens with one attached hydrogen (secondary N) is 1. The number of thioether (sulfide) groups is 1. The maximum atomic E-state index is 12.8. The van der Waals surface area contributed by atoms with E-state index in [1.54, 1.807) is 35.0 Å². The number of amides is 2. The Bertz CT molecular complexity index is 768. The molecule has 0 aromatic carbocycles. The summed E-state index contributed by atoms with van der Waals surface area (Å²) in [7, 11) is 1.93. The van der Waals surface area contributed by atoms with Gasteiger partial charge in [-0.05, 0) is 18.1 Å². The van der Waals surface area contributed by atoms with Gasteiger partial charge in [-0.25, -0.2) is 4.98 Å². The van der Waals surface area contributed by atoms with Crippen molar-refractivity contribution in [3.8, 4) is 0 Å². The van der Waals surface area contributed by atoms with E-state index in [0.29, 0.717) is 24.6 Å². The van der Waals surface area contributed by atoms with E-state index in [1.807, 2.05) is 31.7 Å². The highest BCUT2D eigenvalue weighted by molar-refractivity contribution is 7.98. The van der Waals surface area contributed by atoms with E-state index < -0.39 is 6.04 Å². The van der Waals surface area contributed by atoms with Gasteiger partial charge in [0, 0.05) is 32.5 Å². The van der Waals surface area contributed by atoms with E-state index >= 15 is 0 Å². The van der Waals surface area contributed by atoms with E-state index in [4.69, 9.17) is 4.42 Å². The van der Waals surface area contributed by atoms with Crippen LogP contribution in [0.4, 0.5) is 0 Å². The van der Waals surface area contributed by atoms with Crippen LogP contribution in [0.3, 0.4) is 0 Å². The smallest absolute Gasteiger partial charge is 0.290 e. The Balaban J connectivity index is 1.69. The van der Waals surface area contributed by atoms with E-state index in [1.165, 1.54) is 0 Å². The third-order valence-electron chi connectivity index (χ3n) is 4.14. The average Bonchev–Trinajstić information content (AvgIpc) is 3.20. The van der Waals surface area contributed by atoms with E-state index in [0.717, 1.165) is 5.16 Å². The molecule has 3 rings (SSSR count). The number of nitrogens with zero attached hydrogens (tertiary/aromatic N) is 3. The minimum Gasteiger partial charge on any atom is -0.455 e. The van der Waals surface area contributed by atoms with Gasteiger partial charge in [0.05, 0.1) is 5.75 Å². The minimum atomic E-state index is -0.461. The molecular formula is C17H22N4O3S. The highest BCUT2D eigenvalue weighted by Gasteiger charge is 2.36. The number of aromatic nitrogens is 2. The molecule has 2 aromatic heterocycles. The van der Waals surface area contributed by atoms with Crippen molar-refractivity contribution in [3.05, 3.63) is 36.0 Å². The van der Waals surface area contributed by atoms with E-state index in [2.05, 4.69) is 10.3 Å². The molecule has 1 fully saturated rings. The molecule has 25 heavy (non-hydrogen) atoms. The first-order valence-corrected chi connectivity index (χ1v) is 9.23. The first-order valence-electron chi connectivity index (χ1n) is 8.25. The summed E-state index contributed by atoms with van der Waals surface area (Å²) in [5.41, 5.74) is 0. The normalized spacial score (nSPS) is 17.8. The molecule has 3 heterocycles. The number of hydrogen-bond acceptors (Lipinski definition) is 5. The van der Waals surface area contributed by atoms with Crippen LogP contribution in [-0.2, 0) is 17.6 Å². The number of aryl methyl sites for hydroxylation is 1. The van der Waals surface area contributed by atoms with Crippen molar-refractivity contribution < 1.29 is 14.0 Å². The molecule has 2 amide bonds. The molecule has 0 spiro atoms. The Morgan fingerprint density at radius 1 is 1.48 bits per heavy atom. The van der Waals surface area contributed by atoms with Crippen molar-refractivity contribution >= 4 is 23.6 Å². The lowest BCUT2D eigenvalue weighted by Crippen LogP contribution is -2.59. The third kappa shape index (κ3) is 3.73. The lowest BCUT2D eigenvalue weighted by Gasteiger charge is -2.36. The standard InChI is InChI=1S/C17H22N4O3S/c1-11(2)14-15(22)18-7-9-21(14)16(23)13-5-4-12(24-13)10-25-17-19-6-8-20(17)3/h4-6,8,11,14H,7,9-10H2,1-3H3,(H,18,22). The molecule has 0 saturated carbocycles. The van der Waals surface area contributed by atoms with Crippen LogP contribution in [0.15, 0.2) is 34.1 Å². The zero-order valence-corrected chi connectivity index (χ0v) is 15.4. The summed E-state index contributed by atoms with van der Waals surface area (Å²) in [4.78, 5) is 30.8. The van der Waals surface area contributed by atoms with Gasteiger partial charge in [0.15, 0.2) is 10.9 Å². The Kier molecular flexibility index (Phi) is 5.17. The molecule has 1 aliphatic heterocycles. The van der Waals surface area contributed by atoms with Gasteiger partial charge in [-0.3, -0.25) is 9.59 Å². The summed E-state index contributed by atoms with van der Waals surface area (Å²) in [6, 6.07) is 3.02. The number of carbonyl (C=O) groups excluding carboxylic acids is 2. The fourth-order valence-corrected chi connectivity index (χ4v) is 3.74. The topological polar surface area (TPSA) is 80.4 Å². The Hall–Kier alpha value is -2.22. The predicted molar refractivity (Wildman–Crippen MR) is 94.1 cm³/mol. The van der Waals surface area contributed by atoms with Gasteiger partial charge in [0.2, 0.25) is 5.91 Å². The van der Waals surface area contributed by atoms with Crippen molar-refractivity contribution in [2.75, 3.05) is 13.1 Å². The predicted octanol–water partition coefficient (Wildman–Crippen LogP) is 1.90. The molecule has 0 radical (unpaired) electrons. The molecule has 1 aliphatic rings. The van der Waals surface area contributed by atoms with Crippen LogP contribution in [0.25, 0.3) is 0 Å². The summed E-state index contributed by atoms with van der Waals surface area (Å²) in [5.74, 6) is 1.27. The van der Waals surface area contributed by atoms with Gasteiger partial charge in [-0.1, -0.05) is 25.6 Å². The second-order valence-corrected chi connectivity index (χ2v) is 7.30. The van der Waals surface area contributed by atoms with Gasteiger partial charge in [0.25, 0.3) is 5.91 Å². The fraction of sp³-hybridized carbons (Fsp3) is 0.471. The van der Waals surface area contributed by atoms with Gasteiger partial charge in [0.1, 0.15) is 11.8 Å². The lowest BCUT2D eigenvalue weighted by atomic mass is 9.99. The van der Waals surface area contributed by atoms with E-state index in [9.17, 15) is 9.59 Å². The molecule has 0 bridgehead atoms. The first kappa shape index (κ1) is 17.6. The zero-order chi connectivity index (χ0) is 18.0. The van der Waals surface area contributed by atoms with Crippen LogP contribution in [0.2, 0.25) is 0 Å². The summed E-state index contributed by atoms with van der Waals surface area (Å²) >= 11 is 1.54. The summed E-state index contributed by atoms with van der Waals surface area (Å²) in [6.07, 6.45) is 3.62. The molecule has 7 nitrogen and oxygen atoms in total. The summed E-state index contributed by atoms with van der Waals surface area (Å²) in [5, 5.41) is 3.71. The highest BCUT2D eigenvalue weighted by atomic mass is 32.2. The maximum absolute atomic E-state index is 12.8. The molecule has 1 atom stereocenters. The van der Waals surface area contributed by atoms with Gasteiger partial charge in [-0.15, -0.1) is 0 Å². The number of furan rings is 1. The molecule has 1 N–H and O–H groups in total. The quantitative estimate of drug-likeness (QED) is 0.822. The number of imidazole rings is 1. The third-order valence-corrected chi connectivity index (χ3v) is 5.22. The number of carbonyl (C=O) groups is 2. The molecule has 1 unspecified atom stereocenters. The maximum Gasteiger partial charge on any atom is 0.290 e. The SMILES string of the molecule is CC(C)C1C(=O)NCCN1C(=O)c1ccc(CSc2nccn2C)o1. The zero-order valence-electron chi connectivity index (χ0n) is 14.6. The minimum absolute atomic E-state index is 0.0395. The Morgan fingerprint density at radius 3 is 2.96 bits per heavy atom. The fourth-order valence-electron chi connectivity index (χ4n) is 2.91. The van der Waals surface area contributed by atoms with Crippen molar-refractivity contribution in [3.63, 3.8) is 0 Å². The highest BCUT2D eigenvalue weighted by Crippen LogP contribution is 2.23. The van der Waals surface area contributed by atoms with Crippen molar-refractivity contribution in [1.82, 2.24) is 19.8 Å². The van der Waals surface area contributed by atoms with Crippen molar-refractivity contribution in [2.45, 2.75) is 30.8 Å². The van der Waals surface area contributed by atoms with Crippen LogP contribution in [0.5, 0.6) is 0 Å². The average molecular weight is 362 g/mol. The molecule has 8 heteroatoms. The van der Waals surface area contributed by atoms with Crippen LogP contribution < -0.4 is 5.32 Å². The first-order chi connectivity index (χ1) is 12.0. The monoisotopic (exact) mass is 362 g/mol. The number of rotatable bonds is 5. The molecule has 0 aliphatic carbocycles. The molecule has 1 saturated heterocycles. The van der Waals surface area contributed by atoms with Crippen LogP contribution in [0.1, 0.15) is 30.2 Å². The van der Waals surface area contributed by atoms with Crippen molar-refractivity contribution in [1.29, 1.82) is 0 Å².